The lowest BCUT2D eigenvalue weighted by Crippen LogP contribution is -2.34. The Morgan fingerprint density at radius 2 is 1.92 bits per heavy atom. The number of amides is 2. The number of esters is 1. The van der Waals surface area contributed by atoms with E-state index in [1.54, 1.807) is 13.0 Å². The summed E-state index contributed by atoms with van der Waals surface area (Å²) in [6.07, 6.45) is 1.72. The first-order chi connectivity index (χ1) is 11.6. The van der Waals surface area contributed by atoms with Gasteiger partial charge in [-0.3, -0.25) is 19.3 Å². The van der Waals surface area contributed by atoms with Crippen LogP contribution in [-0.4, -0.2) is 39.7 Å². The number of imide groups is 1. The number of nitrogens with zero attached hydrogens (tertiary/aromatic N) is 2. The fourth-order valence-electron chi connectivity index (χ4n) is 3.08. The van der Waals surface area contributed by atoms with Crippen molar-refractivity contribution >= 4 is 35.0 Å². The van der Waals surface area contributed by atoms with Crippen LogP contribution in [-0.2, 0) is 19.9 Å². The number of carbonyl (C=O) groups excluding carboxylic acids is 3. The molecule has 2 heterocycles. The van der Waals surface area contributed by atoms with E-state index in [0.717, 1.165) is 33.6 Å². The van der Waals surface area contributed by atoms with E-state index in [1.807, 2.05) is 19.9 Å². The summed E-state index contributed by atoms with van der Waals surface area (Å²) < 4.78 is 7.01. The van der Waals surface area contributed by atoms with Gasteiger partial charge in [-0.25, -0.2) is 0 Å². The molecule has 2 amide bonds. The normalized spacial score (nSPS) is 16.9. The maximum Gasteiger partial charge on any atom is 0.326 e. The second kappa shape index (κ2) is 7.07. The Morgan fingerprint density at radius 1 is 1.28 bits per heavy atom. The molecule has 0 aromatic carbocycles. The highest BCUT2D eigenvalue weighted by Gasteiger charge is 2.37. The molecule has 0 saturated carbocycles. The SMILES string of the molecule is CCOC(=O)CN1C(=O)S/C(=C/c2cc(C)n(C(C)(C)C)c2C)C1=O. The summed E-state index contributed by atoms with van der Waals surface area (Å²) in [5.74, 6) is -1.04. The van der Waals surface area contributed by atoms with Gasteiger partial charge in [0.25, 0.3) is 11.1 Å². The molecule has 0 radical (unpaired) electrons. The molecule has 0 unspecified atom stereocenters. The summed E-state index contributed by atoms with van der Waals surface area (Å²) >= 11 is 0.850. The standard InChI is InChI=1S/C18H24N2O4S/c1-7-24-15(21)10-19-16(22)14(25-17(19)23)9-13-8-11(2)20(12(13)3)18(4,5)6/h8-9H,7,10H2,1-6H3/b14-9+. The van der Waals surface area contributed by atoms with Gasteiger partial charge in [0, 0.05) is 16.9 Å². The van der Waals surface area contributed by atoms with Gasteiger partial charge in [-0.1, -0.05) is 0 Å². The van der Waals surface area contributed by atoms with Crippen molar-refractivity contribution in [3.8, 4) is 0 Å². The topological polar surface area (TPSA) is 68.6 Å². The lowest BCUT2D eigenvalue weighted by atomic mass is 10.1. The maximum atomic E-state index is 12.5. The fourth-order valence-corrected chi connectivity index (χ4v) is 3.91. The highest BCUT2D eigenvalue weighted by atomic mass is 32.2. The highest BCUT2D eigenvalue weighted by molar-refractivity contribution is 8.18. The average molecular weight is 364 g/mol. The smallest absolute Gasteiger partial charge is 0.326 e. The lowest BCUT2D eigenvalue weighted by molar-refractivity contribution is -0.145. The third-order valence-corrected chi connectivity index (χ3v) is 4.80. The predicted molar refractivity (Wildman–Crippen MR) is 98.2 cm³/mol. The van der Waals surface area contributed by atoms with Crippen molar-refractivity contribution < 1.29 is 19.1 Å². The van der Waals surface area contributed by atoms with E-state index in [2.05, 4.69) is 25.3 Å². The van der Waals surface area contributed by atoms with Crippen molar-refractivity contribution in [1.82, 2.24) is 9.47 Å². The zero-order valence-electron chi connectivity index (χ0n) is 15.5. The molecule has 1 aliphatic heterocycles. The van der Waals surface area contributed by atoms with E-state index in [-0.39, 0.29) is 18.7 Å². The van der Waals surface area contributed by atoms with Gasteiger partial charge in [0.15, 0.2) is 0 Å². The minimum atomic E-state index is -0.586. The summed E-state index contributed by atoms with van der Waals surface area (Å²) in [6, 6.07) is 2.00. The van der Waals surface area contributed by atoms with Crippen molar-refractivity contribution in [2.45, 2.75) is 47.1 Å². The second-order valence-electron chi connectivity index (χ2n) is 6.91. The van der Waals surface area contributed by atoms with E-state index < -0.39 is 17.1 Å². The van der Waals surface area contributed by atoms with E-state index >= 15 is 0 Å². The van der Waals surface area contributed by atoms with Crippen molar-refractivity contribution in [2.24, 2.45) is 0 Å². The Bertz CT molecular complexity index is 756. The molecule has 1 aromatic rings. The number of rotatable bonds is 4. The molecule has 6 nitrogen and oxygen atoms in total. The quantitative estimate of drug-likeness (QED) is 0.604. The first-order valence-corrected chi connectivity index (χ1v) is 8.98. The van der Waals surface area contributed by atoms with Crippen LogP contribution in [0, 0.1) is 13.8 Å². The number of hydrogen-bond acceptors (Lipinski definition) is 5. The van der Waals surface area contributed by atoms with Gasteiger partial charge in [-0.05, 0) is 71.0 Å². The van der Waals surface area contributed by atoms with Crippen molar-refractivity contribution in [3.05, 3.63) is 27.9 Å². The summed E-state index contributed by atoms with van der Waals surface area (Å²) in [6.45, 7) is 11.9. The summed E-state index contributed by atoms with van der Waals surface area (Å²) in [4.78, 5) is 37.3. The van der Waals surface area contributed by atoms with Crippen LogP contribution >= 0.6 is 11.8 Å². The summed E-state index contributed by atoms with van der Waals surface area (Å²) in [7, 11) is 0. The Labute approximate surface area is 152 Å². The van der Waals surface area contributed by atoms with Crippen LogP contribution in [0.25, 0.3) is 6.08 Å². The third kappa shape index (κ3) is 3.98. The lowest BCUT2D eigenvalue weighted by Gasteiger charge is -2.25. The van der Waals surface area contributed by atoms with Crippen LogP contribution in [0.2, 0.25) is 0 Å². The van der Waals surface area contributed by atoms with Crippen molar-refractivity contribution in [2.75, 3.05) is 13.2 Å². The molecule has 0 spiro atoms. The van der Waals surface area contributed by atoms with Gasteiger partial charge in [0.1, 0.15) is 6.54 Å². The molecule has 1 aliphatic rings. The van der Waals surface area contributed by atoms with Gasteiger partial charge < -0.3 is 9.30 Å². The summed E-state index contributed by atoms with van der Waals surface area (Å²) in [5, 5.41) is -0.450. The first-order valence-electron chi connectivity index (χ1n) is 8.16. The van der Waals surface area contributed by atoms with Crippen molar-refractivity contribution in [3.63, 3.8) is 0 Å². The van der Waals surface area contributed by atoms with E-state index in [9.17, 15) is 14.4 Å². The molecule has 0 atom stereocenters. The molecule has 25 heavy (non-hydrogen) atoms. The van der Waals surface area contributed by atoms with Crippen LogP contribution < -0.4 is 0 Å². The maximum absolute atomic E-state index is 12.5. The first kappa shape index (κ1) is 19.3. The number of aromatic nitrogens is 1. The number of ether oxygens (including phenoxy) is 1. The Balaban J connectivity index is 2.30. The molecular formula is C18H24N2O4S. The van der Waals surface area contributed by atoms with Crippen LogP contribution in [0.15, 0.2) is 11.0 Å². The molecule has 0 N–H and O–H groups in total. The molecule has 1 fully saturated rings. The van der Waals surface area contributed by atoms with Gasteiger partial charge in [-0.15, -0.1) is 0 Å². The van der Waals surface area contributed by atoms with Gasteiger partial charge in [0.05, 0.1) is 11.5 Å². The average Bonchev–Trinajstić information content (AvgIpc) is 2.90. The third-order valence-electron chi connectivity index (χ3n) is 3.89. The van der Waals surface area contributed by atoms with Gasteiger partial charge in [-0.2, -0.15) is 0 Å². The molecule has 0 bridgehead atoms. The van der Waals surface area contributed by atoms with E-state index in [1.165, 1.54) is 0 Å². The minimum Gasteiger partial charge on any atom is -0.465 e. The van der Waals surface area contributed by atoms with E-state index in [4.69, 9.17) is 4.74 Å². The molecule has 1 saturated heterocycles. The molecule has 136 valence electrons. The van der Waals surface area contributed by atoms with Crippen LogP contribution in [0.3, 0.4) is 0 Å². The zero-order valence-corrected chi connectivity index (χ0v) is 16.3. The van der Waals surface area contributed by atoms with Gasteiger partial charge >= 0.3 is 5.97 Å². The number of thioether (sulfide) groups is 1. The Morgan fingerprint density at radius 3 is 2.44 bits per heavy atom. The highest BCUT2D eigenvalue weighted by Crippen LogP contribution is 2.34. The second-order valence-corrected chi connectivity index (χ2v) is 7.90. The van der Waals surface area contributed by atoms with Crippen LogP contribution in [0.1, 0.15) is 44.6 Å². The fraction of sp³-hybridized carbons (Fsp3) is 0.500. The molecule has 7 heteroatoms. The largest absolute Gasteiger partial charge is 0.465 e. The van der Waals surface area contributed by atoms with E-state index in [0.29, 0.717) is 4.91 Å². The minimum absolute atomic E-state index is 0.0798. The number of aryl methyl sites for hydroxylation is 1. The van der Waals surface area contributed by atoms with Crippen LogP contribution in [0.4, 0.5) is 4.79 Å². The number of carbonyl (C=O) groups is 3. The Hall–Kier alpha value is -2.02. The molecule has 2 rings (SSSR count). The zero-order chi connectivity index (χ0) is 18.9. The van der Waals surface area contributed by atoms with Crippen molar-refractivity contribution in [1.29, 1.82) is 0 Å². The molecule has 0 aliphatic carbocycles. The number of hydrogen-bond donors (Lipinski definition) is 0. The molecule has 1 aromatic heterocycles. The summed E-state index contributed by atoms with van der Waals surface area (Å²) in [5.41, 5.74) is 2.93. The van der Waals surface area contributed by atoms with Gasteiger partial charge in [0.2, 0.25) is 0 Å². The molecular weight excluding hydrogens is 340 g/mol. The predicted octanol–water partition coefficient (Wildman–Crippen LogP) is 3.46. The monoisotopic (exact) mass is 364 g/mol. The van der Waals surface area contributed by atoms with Crippen LogP contribution in [0.5, 0.6) is 0 Å². The Kier molecular flexibility index (Phi) is 5.46.